The van der Waals surface area contributed by atoms with Crippen molar-refractivity contribution in [1.82, 2.24) is 4.72 Å². The summed E-state index contributed by atoms with van der Waals surface area (Å²) in [5.74, 6) is 0.741. The van der Waals surface area contributed by atoms with Crippen LogP contribution in [0.3, 0.4) is 0 Å². The number of carbonyl (C=O) groups is 1. The van der Waals surface area contributed by atoms with Crippen LogP contribution in [-0.4, -0.2) is 27.5 Å². The molecule has 1 amide bonds. The predicted octanol–water partition coefficient (Wildman–Crippen LogP) is 3.42. The number of hydrogen-bond donors (Lipinski definition) is 2. The Balaban J connectivity index is 1.69. The van der Waals surface area contributed by atoms with Crippen LogP contribution in [0.4, 0.5) is 5.69 Å². The second kappa shape index (κ2) is 8.54. The maximum Gasteiger partial charge on any atom is 0.255 e. The van der Waals surface area contributed by atoms with E-state index in [4.69, 9.17) is 4.74 Å². The Kier molecular flexibility index (Phi) is 6.13. The van der Waals surface area contributed by atoms with Gasteiger partial charge in [0.15, 0.2) is 0 Å². The third-order valence-corrected chi connectivity index (χ3v) is 5.65. The highest BCUT2D eigenvalue weighted by Crippen LogP contribution is 2.28. The fourth-order valence-electron chi connectivity index (χ4n) is 2.52. The Morgan fingerprint density at radius 1 is 1.15 bits per heavy atom. The van der Waals surface area contributed by atoms with Crippen molar-refractivity contribution < 1.29 is 17.9 Å². The molecule has 0 aliphatic heterocycles. The first-order valence-electron chi connectivity index (χ1n) is 9.12. The molecule has 7 heteroatoms. The zero-order valence-corrected chi connectivity index (χ0v) is 16.1. The highest BCUT2D eigenvalue weighted by molar-refractivity contribution is 7.89. The second-order valence-corrected chi connectivity index (χ2v) is 8.42. The molecule has 0 bridgehead atoms. The van der Waals surface area contributed by atoms with E-state index >= 15 is 0 Å². The molecule has 0 aromatic heterocycles. The largest absolute Gasteiger partial charge is 0.494 e. The van der Waals surface area contributed by atoms with E-state index in [-0.39, 0.29) is 16.4 Å². The van der Waals surface area contributed by atoms with E-state index in [1.165, 1.54) is 12.1 Å². The van der Waals surface area contributed by atoms with Crippen LogP contribution in [0, 0.1) is 5.92 Å². The molecule has 1 aliphatic carbocycles. The Morgan fingerprint density at radius 2 is 1.93 bits per heavy atom. The van der Waals surface area contributed by atoms with Crippen LogP contribution >= 0.6 is 0 Å². The first-order chi connectivity index (χ1) is 13.0. The van der Waals surface area contributed by atoms with Gasteiger partial charge >= 0.3 is 0 Å². The summed E-state index contributed by atoms with van der Waals surface area (Å²) in [4.78, 5) is 12.6. The number of rotatable bonds is 9. The van der Waals surface area contributed by atoms with E-state index in [0.29, 0.717) is 30.5 Å². The molecule has 1 saturated carbocycles. The molecule has 0 unspecified atom stereocenters. The number of nitrogens with one attached hydrogen (secondary N) is 2. The summed E-state index contributed by atoms with van der Waals surface area (Å²) < 4.78 is 32.9. The van der Waals surface area contributed by atoms with Gasteiger partial charge in [0.05, 0.1) is 11.5 Å². The van der Waals surface area contributed by atoms with Crippen molar-refractivity contribution in [2.75, 3.05) is 18.5 Å². The molecule has 2 aromatic rings. The SMILES string of the molecule is CCCOc1cccc(NC(=O)c2cccc(S(=O)(=O)NCC3CC3)c2)c1. The van der Waals surface area contributed by atoms with Gasteiger partial charge in [0.1, 0.15) is 5.75 Å². The smallest absolute Gasteiger partial charge is 0.255 e. The van der Waals surface area contributed by atoms with Gasteiger partial charge in [0.2, 0.25) is 10.0 Å². The molecule has 0 radical (unpaired) electrons. The molecule has 1 aliphatic rings. The molecule has 3 rings (SSSR count). The third-order valence-electron chi connectivity index (χ3n) is 4.23. The summed E-state index contributed by atoms with van der Waals surface area (Å²) in [6, 6.07) is 13.2. The van der Waals surface area contributed by atoms with Gasteiger partial charge in [-0.25, -0.2) is 13.1 Å². The highest BCUT2D eigenvalue weighted by atomic mass is 32.2. The lowest BCUT2D eigenvalue weighted by Gasteiger charge is -2.10. The number of carbonyl (C=O) groups excluding carboxylic acids is 1. The van der Waals surface area contributed by atoms with Crippen molar-refractivity contribution in [3.63, 3.8) is 0 Å². The van der Waals surface area contributed by atoms with Crippen molar-refractivity contribution in [2.24, 2.45) is 5.92 Å². The quantitative estimate of drug-likeness (QED) is 0.689. The van der Waals surface area contributed by atoms with Crippen LogP contribution < -0.4 is 14.8 Å². The van der Waals surface area contributed by atoms with Crippen molar-refractivity contribution in [2.45, 2.75) is 31.1 Å². The number of anilines is 1. The van der Waals surface area contributed by atoms with E-state index in [9.17, 15) is 13.2 Å². The van der Waals surface area contributed by atoms with Gasteiger partial charge < -0.3 is 10.1 Å². The van der Waals surface area contributed by atoms with E-state index in [1.54, 1.807) is 30.3 Å². The predicted molar refractivity (Wildman–Crippen MR) is 105 cm³/mol. The molecule has 2 aromatic carbocycles. The van der Waals surface area contributed by atoms with E-state index in [1.807, 2.05) is 13.0 Å². The molecule has 0 saturated heterocycles. The molecule has 0 spiro atoms. The van der Waals surface area contributed by atoms with Crippen LogP contribution in [-0.2, 0) is 10.0 Å². The number of benzene rings is 2. The van der Waals surface area contributed by atoms with Crippen LogP contribution in [0.5, 0.6) is 5.75 Å². The summed E-state index contributed by atoms with van der Waals surface area (Å²) in [7, 11) is -3.61. The first-order valence-corrected chi connectivity index (χ1v) is 10.6. The molecule has 2 N–H and O–H groups in total. The molecular formula is C20H24N2O4S. The summed E-state index contributed by atoms with van der Waals surface area (Å²) in [5, 5.41) is 2.78. The topological polar surface area (TPSA) is 84.5 Å². The average molecular weight is 388 g/mol. The maximum atomic E-state index is 12.5. The Morgan fingerprint density at radius 3 is 2.67 bits per heavy atom. The fraction of sp³-hybridized carbons (Fsp3) is 0.350. The van der Waals surface area contributed by atoms with Crippen molar-refractivity contribution in [1.29, 1.82) is 0 Å². The number of hydrogen-bond acceptors (Lipinski definition) is 4. The lowest BCUT2D eigenvalue weighted by molar-refractivity contribution is 0.102. The van der Waals surface area contributed by atoms with Crippen molar-refractivity contribution >= 4 is 21.6 Å². The van der Waals surface area contributed by atoms with E-state index in [2.05, 4.69) is 10.0 Å². The molecule has 144 valence electrons. The van der Waals surface area contributed by atoms with Gasteiger partial charge in [-0.2, -0.15) is 0 Å². The number of amides is 1. The second-order valence-electron chi connectivity index (χ2n) is 6.65. The molecule has 1 fully saturated rings. The maximum absolute atomic E-state index is 12.5. The van der Waals surface area contributed by atoms with E-state index in [0.717, 1.165) is 19.3 Å². The van der Waals surface area contributed by atoms with Crippen molar-refractivity contribution in [3.8, 4) is 5.75 Å². The molecule has 6 nitrogen and oxygen atoms in total. The van der Waals surface area contributed by atoms with E-state index < -0.39 is 10.0 Å². The van der Waals surface area contributed by atoms with Crippen LogP contribution in [0.2, 0.25) is 0 Å². The van der Waals surface area contributed by atoms with Crippen molar-refractivity contribution in [3.05, 3.63) is 54.1 Å². The van der Waals surface area contributed by atoms with Crippen LogP contribution in [0.15, 0.2) is 53.4 Å². The molecular weight excluding hydrogens is 364 g/mol. The van der Waals surface area contributed by atoms with Gasteiger partial charge in [-0.05, 0) is 55.5 Å². The fourth-order valence-corrected chi connectivity index (χ4v) is 3.69. The van der Waals surface area contributed by atoms with Gasteiger partial charge in [0.25, 0.3) is 5.91 Å². The van der Waals surface area contributed by atoms with Gasteiger partial charge in [0, 0.05) is 23.9 Å². The standard InChI is InChI=1S/C20H24N2O4S/c1-2-11-26-18-7-4-6-17(13-18)22-20(23)16-5-3-8-19(12-16)27(24,25)21-14-15-9-10-15/h3-8,12-13,15,21H,2,9-11,14H2,1H3,(H,22,23). The summed E-state index contributed by atoms with van der Waals surface area (Å²) >= 11 is 0. The molecule has 0 atom stereocenters. The monoisotopic (exact) mass is 388 g/mol. The Labute approximate surface area is 160 Å². The Hall–Kier alpha value is -2.38. The first kappa shape index (κ1) is 19.4. The summed E-state index contributed by atoms with van der Waals surface area (Å²) in [6.45, 7) is 3.07. The number of sulfonamides is 1. The van der Waals surface area contributed by atoms with Crippen LogP contribution in [0.1, 0.15) is 36.5 Å². The van der Waals surface area contributed by atoms with Gasteiger partial charge in [-0.15, -0.1) is 0 Å². The third kappa shape index (κ3) is 5.55. The Bertz CT molecular complexity index is 908. The number of ether oxygens (including phenoxy) is 1. The van der Waals surface area contributed by atoms with Crippen LogP contribution in [0.25, 0.3) is 0 Å². The van der Waals surface area contributed by atoms with Gasteiger partial charge in [-0.3, -0.25) is 4.79 Å². The minimum atomic E-state index is -3.61. The minimum absolute atomic E-state index is 0.0934. The summed E-state index contributed by atoms with van der Waals surface area (Å²) in [6.07, 6.45) is 3.02. The average Bonchev–Trinajstić information content (AvgIpc) is 3.50. The molecule has 27 heavy (non-hydrogen) atoms. The zero-order chi connectivity index (χ0) is 19.3. The zero-order valence-electron chi connectivity index (χ0n) is 15.3. The van der Waals surface area contributed by atoms with Gasteiger partial charge in [-0.1, -0.05) is 19.1 Å². The highest BCUT2D eigenvalue weighted by Gasteiger charge is 2.24. The summed E-state index contributed by atoms with van der Waals surface area (Å²) in [5.41, 5.74) is 0.873. The lowest BCUT2D eigenvalue weighted by Crippen LogP contribution is -2.26. The molecule has 0 heterocycles. The lowest BCUT2D eigenvalue weighted by atomic mass is 10.2. The normalized spacial score (nSPS) is 14.0. The minimum Gasteiger partial charge on any atom is -0.494 e.